The molecule has 0 radical (unpaired) electrons. The number of hydrogen-bond acceptors (Lipinski definition) is 6. The molecule has 0 atom stereocenters. The molecule has 0 aliphatic heterocycles. The minimum absolute atomic E-state index is 0.177. The minimum atomic E-state index is -0.369. The van der Waals surface area contributed by atoms with E-state index in [1.54, 1.807) is 16.6 Å². The van der Waals surface area contributed by atoms with Crippen LogP contribution in [0.5, 0.6) is 0 Å². The van der Waals surface area contributed by atoms with E-state index in [9.17, 15) is 4.79 Å². The molecule has 7 nitrogen and oxygen atoms in total. The van der Waals surface area contributed by atoms with Crippen molar-refractivity contribution < 1.29 is 4.79 Å². The Hall–Kier alpha value is -2.15. The Bertz CT molecular complexity index is 1250. The molecule has 0 bridgehead atoms. The summed E-state index contributed by atoms with van der Waals surface area (Å²) >= 11 is 15.0. The number of halogens is 2. The van der Waals surface area contributed by atoms with E-state index in [2.05, 4.69) is 48.5 Å². The first-order valence-corrected chi connectivity index (χ1v) is 11.0. The van der Waals surface area contributed by atoms with E-state index in [-0.39, 0.29) is 11.0 Å². The van der Waals surface area contributed by atoms with Gasteiger partial charge in [0.25, 0.3) is 5.91 Å². The van der Waals surface area contributed by atoms with Crippen LogP contribution < -0.4 is 10.6 Å². The summed E-state index contributed by atoms with van der Waals surface area (Å²) in [4.78, 5) is 13.2. The van der Waals surface area contributed by atoms with Gasteiger partial charge in [-0.25, -0.2) is 0 Å². The van der Waals surface area contributed by atoms with Crippen LogP contribution in [-0.4, -0.2) is 30.8 Å². The van der Waals surface area contributed by atoms with Crippen LogP contribution in [0.2, 0.25) is 5.02 Å². The van der Waals surface area contributed by atoms with Crippen molar-refractivity contribution in [1.82, 2.24) is 25.1 Å². The number of rotatable bonds is 3. The first-order chi connectivity index (χ1) is 13.9. The summed E-state index contributed by atoms with van der Waals surface area (Å²) in [5.41, 5.74) is 2.00. The summed E-state index contributed by atoms with van der Waals surface area (Å²) < 4.78 is 2.61. The molecule has 4 rings (SSSR count). The normalized spacial score (nSPS) is 10.9. The van der Waals surface area contributed by atoms with Crippen LogP contribution in [-0.2, 0) is 0 Å². The van der Waals surface area contributed by atoms with Crippen LogP contribution in [0, 0.1) is 10.5 Å². The summed E-state index contributed by atoms with van der Waals surface area (Å²) in [6.45, 7) is 1.85. The Balaban J connectivity index is 1.49. The molecular formula is C18H12ClIN6OS2. The molecule has 0 unspecified atom stereocenters. The number of fused-ring (bicyclic) bond motifs is 1. The number of anilines is 1. The molecule has 0 aliphatic carbocycles. The molecule has 0 fully saturated rings. The lowest BCUT2D eigenvalue weighted by Gasteiger charge is -2.11. The summed E-state index contributed by atoms with van der Waals surface area (Å²) in [5.74, 6) is 0.362. The SMILES string of the molecule is Cc1nnc2sc(-c3cccc(NC(=S)NC(=O)c4cc(I)ccc4Cl)c3)nn12. The molecule has 2 heterocycles. The Labute approximate surface area is 193 Å². The molecule has 0 spiro atoms. The zero-order valence-electron chi connectivity index (χ0n) is 14.8. The predicted octanol–water partition coefficient (Wildman–Crippen LogP) is 4.55. The lowest BCUT2D eigenvalue weighted by atomic mass is 10.2. The lowest BCUT2D eigenvalue weighted by molar-refractivity contribution is 0.0978. The molecule has 2 N–H and O–H groups in total. The van der Waals surface area contributed by atoms with Gasteiger partial charge >= 0.3 is 0 Å². The van der Waals surface area contributed by atoms with Crippen LogP contribution in [0.1, 0.15) is 16.2 Å². The van der Waals surface area contributed by atoms with E-state index in [4.69, 9.17) is 23.8 Å². The third kappa shape index (κ3) is 4.39. The van der Waals surface area contributed by atoms with Crippen LogP contribution in [0.25, 0.3) is 15.5 Å². The highest BCUT2D eigenvalue weighted by molar-refractivity contribution is 14.1. The standard InChI is InChI=1S/C18H12ClIN6OS2/c1-9-23-24-18-26(9)25-16(29-18)10-3-2-4-12(7-10)21-17(28)22-15(27)13-8-11(20)5-6-14(13)19/h2-8H,1H3,(H2,21,22,27,28). The van der Waals surface area contributed by atoms with E-state index in [1.165, 1.54) is 11.3 Å². The molecule has 1 amide bonds. The Kier molecular flexibility index (Phi) is 5.76. The lowest BCUT2D eigenvalue weighted by Crippen LogP contribution is -2.34. The number of hydrogen-bond donors (Lipinski definition) is 2. The number of benzene rings is 2. The largest absolute Gasteiger partial charge is 0.332 e. The molecule has 0 saturated heterocycles. The maximum Gasteiger partial charge on any atom is 0.258 e. The third-order valence-corrected chi connectivity index (χ3v) is 6.07. The first kappa shape index (κ1) is 20.1. The van der Waals surface area contributed by atoms with Crippen molar-refractivity contribution in [2.45, 2.75) is 6.92 Å². The van der Waals surface area contributed by atoms with Crippen LogP contribution in [0.15, 0.2) is 42.5 Å². The molecule has 0 saturated carbocycles. The summed E-state index contributed by atoms with van der Waals surface area (Å²) in [6, 6.07) is 12.8. The fourth-order valence-electron chi connectivity index (χ4n) is 2.57. The molecule has 4 aromatic rings. The van der Waals surface area contributed by atoms with Gasteiger partial charge in [0.05, 0.1) is 10.6 Å². The molecule has 146 valence electrons. The Morgan fingerprint density at radius 1 is 1.24 bits per heavy atom. The second kappa shape index (κ2) is 8.30. The topological polar surface area (TPSA) is 84.2 Å². The number of aromatic nitrogens is 4. The quantitative estimate of drug-likeness (QED) is 0.286. The fraction of sp³-hybridized carbons (Fsp3) is 0.0556. The molecular weight excluding hydrogens is 543 g/mol. The molecule has 11 heteroatoms. The number of carbonyl (C=O) groups is 1. The molecule has 2 aromatic carbocycles. The average molecular weight is 555 g/mol. The van der Waals surface area contributed by atoms with Crippen LogP contribution >= 0.6 is 57.7 Å². The van der Waals surface area contributed by atoms with Gasteiger partial charge < -0.3 is 5.32 Å². The van der Waals surface area contributed by atoms with Gasteiger partial charge in [0, 0.05) is 14.8 Å². The van der Waals surface area contributed by atoms with Gasteiger partial charge in [0.1, 0.15) is 5.01 Å². The average Bonchev–Trinajstić information content (AvgIpc) is 3.26. The molecule has 29 heavy (non-hydrogen) atoms. The van der Waals surface area contributed by atoms with E-state index in [0.29, 0.717) is 10.6 Å². The molecule has 0 aliphatic rings. The number of amides is 1. The summed E-state index contributed by atoms with van der Waals surface area (Å²) in [6.07, 6.45) is 0. The van der Waals surface area contributed by atoms with E-state index < -0.39 is 0 Å². The second-order valence-electron chi connectivity index (χ2n) is 5.96. The highest BCUT2D eigenvalue weighted by Gasteiger charge is 2.14. The smallest absolute Gasteiger partial charge is 0.258 e. The van der Waals surface area contributed by atoms with Gasteiger partial charge in [-0.3, -0.25) is 10.1 Å². The minimum Gasteiger partial charge on any atom is -0.332 e. The maximum atomic E-state index is 12.5. The molecule has 2 aromatic heterocycles. The number of nitrogens with one attached hydrogen (secondary N) is 2. The number of aryl methyl sites for hydroxylation is 1. The van der Waals surface area contributed by atoms with Gasteiger partial charge in [-0.05, 0) is 72.1 Å². The fourth-order valence-corrected chi connectivity index (χ4v) is 4.35. The van der Waals surface area contributed by atoms with Crippen molar-refractivity contribution in [3.63, 3.8) is 0 Å². The highest BCUT2D eigenvalue weighted by Crippen LogP contribution is 2.27. The van der Waals surface area contributed by atoms with Crippen molar-refractivity contribution in [3.8, 4) is 10.6 Å². The van der Waals surface area contributed by atoms with Crippen molar-refractivity contribution in [1.29, 1.82) is 0 Å². The van der Waals surface area contributed by atoms with Crippen molar-refractivity contribution in [2.75, 3.05) is 5.32 Å². The van der Waals surface area contributed by atoms with Gasteiger partial charge in [-0.1, -0.05) is 35.1 Å². The van der Waals surface area contributed by atoms with Crippen molar-refractivity contribution >= 4 is 79.4 Å². The number of thiocarbonyl (C=S) groups is 1. The van der Waals surface area contributed by atoms with Crippen LogP contribution in [0.3, 0.4) is 0 Å². The van der Waals surface area contributed by atoms with Crippen molar-refractivity contribution in [2.24, 2.45) is 0 Å². The summed E-state index contributed by atoms with van der Waals surface area (Å²) in [7, 11) is 0. The van der Waals surface area contributed by atoms with E-state index in [1.807, 2.05) is 37.3 Å². The number of nitrogens with zero attached hydrogens (tertiary/aromatic N) is 4. The van der Waals surface area contributed by atoms with Gasteiger partial charge in [0.2, 0.25) is 4.96 Å². The maximum absolute atomic E-state index is 12.5. The zero-order valence-corrected chi connectivity index (χ0v) is 19.4. The van der Waals surface area contributed by atoms with E-state index >= 15 is 0 Å². The van der Waals surface area contributed by atoms with Crippen molar-refractivity contribution in [3.05, 3.63) is 62.4 Å². The van der Waals surface area contributed by atoms with Gasteiger partial charge in [0.15, 0.2) is 10.9 Å². The highest BCUT2D eigenvalue weighted by atomic mass is 127. The Morgan fingerprint density at radius 2 is 2.07 bits per heavy atom. The van der Waals surface area contributed by atoms with Gasteiger partial charge in [-0.15, -0.1) is 10.2 Å². The second-order valence-corrected chi connectivity index (χ2v) is 8.98. The van der Waals surface area contributed by atoms with Gasteiger partial charge in [-0.2, -0.15) is 9.61 Å². The summed E-state index contributed by atoms with van der Waals surface area (Å²) in [5, 5.41) is 19.6. The third-order valence-electron chi connectivity index (χ3n) is 3.91. The Morgan fingerprint density at radius 3 is 2.86 bits per heavy atom. The number of carbonyl (C=O) groups excluding carboxylic acids is 1. The zero-order chi connectivity index (χ0) is 20.5. The van der Waals surface area contributed by atoms with E-state index in [0.717, 1.165) is 30.6 Å². The van der Waals surface area contributed by atoms with Crippen LogP contribution in [0.4, 0.5) is 5.69 Å². The monoisotopic (exact) mass is 554 g/mol. The first-order valence-electron chi connectivity index (χ1n) is 8.27. The predicted molar refractivity (Wildman–Crippen MR) is 127 cm³/mol.